The molecule has 1 aromatic heterocycles. The van der Waals surface area contributed by atoms with E-state index in [-0.39, 0.29) is 11.8 Å². The van der Waals surface area contributed by atoms with Gasteiger partial charge in [0.25, 0.3) is 11.8 Å². The molecule has 2 aromatic carbocycles. The number of carbonyl (C=O) groups excluding carboxylic acids is 2. The molecular formula is C26H28N2O3S. The SMILES string of the molecule is COCc1ccc(C(=O)Nc2sc(-c3ccccc3)c(C)c2C(=O)N2CCCCC2)cc1. The van der Waals surface area contributed by atoms with Crippen LogP contribution in [0.25, 0.3) is 10.4 Å². The van der Waals surface area contributed by atoms with Crippen LogP contribution in [0, 0.1) is 6.92 Å². The smallest absolute Gasteiger partial charge is 0.257 e. The Hall–Kier alpha value is -2.96. The fourth-order valence-corrected chi connectivity index (χ4v) is 5.27. The Bertz CT molecular complexity index is 1080. The van der Waals surface area contributed by atoms with E-state index in [1.54, 1.807) is 19.2 Å². The summed E-state index contributed by atoms with van der Waals surface area (Å²) in [6.45, 7) is 4.01. The summed E-state index contributed by atoms with van der Waals surface area (Å²) in [5.41, 5.74) is 4.13. The number of rotatable bonds is 6. The fourth-order valence-electron chi connectivity index (χ4n) is 4.07. The van der Waals surface area contributed by atoms with Gasteiger partial charge in [0, 0.05) is 30.6 Å². The molecule has 0 unspecified atom stereocenters. The number of piperidine rings is 1. The van der Waals surface area contributed by atoms with E-state index in [0.29, 0.717) is 22.7 Å². The third kappa shape index (κ3) is 4.76. The predicted octanol–water partition coefficient (Wildman–Crippen LogP) is 5.75. The molecule has 0 bridgehead atoms. The van der Waals surface area contributed by atoms with Crippen LogP contribution in [-0.4, -0.2) is 36.9 Å². The van der Waals surface area contributed by atoms with Crippen LogP contribution in [0.5, 0.6) is 0 Å². The Morgan fingerprint density at radius 3 is 2.34 bits per heavy atom. The Morgan fingerprint density at radius 1 is 1.00 bits per heavy atom. The van der Waals surface area contributed by atoms with Crippen molar-refractivity contribution in [3.63, 3.8) is 0 Å². The molecule has 0 atom stereocenters. The average molecular weight is 449 g/mol. The quantitative estimate of drug-likeness (QED) is 0.522. The Kier molecular flexibility index (Phi) is 7.02. The topological polar surface area (TPSA) is 58.6 Å². The minimum atomic E-state index is -0.220. The van der Waals surface area contributed by atoms with Crippen molar-refractivity contribution in [3.05, 3.63) is 76.9 Å². The first-order valence-electron chi connectivity index (χ1n) is 11.0. The summed E-state index contributed by atoms with van der Waals surface area (Å²) in [5.74, 6) is -0.214. The molecule has 0 aliphatic carbocycles. The van der Waals surface area contributed by atoms with Gasteiger partial charge in [-0.15, -0.1) is 11.3 Å². The number of thiophene rings is 1. The van der Waals surface area contributed by atoms with Crippen LogP contribution in [0.4, 0.5) is 5.00 Å². The van der Waals surface area contributed by atoms with Gasteiger partial charge in [-0.1, -0.05) is 42.5 Å². The van der Waals surface area contributed by atoms with Gasteiger partial charge in [-0.05, 0) is 55.0 Å². The van der Waals surface area contributed by atoms with Gasteiger partial charge in [-0.25, -0.2) is 0 Å². The number of anilines is 1. The largest absolute Gasteiger partial charge is 0.380 e. The average Bonchev–Trinajstić information content (AvgIpc) is 3.16. The number of benzene rings is 2. The molecule has 0 spiro atoms. The molecule has 32 heavy (non-hydrogen) atoms. The Morgan fingerprint density at radius 2 is 1.69 bits per heavy atom. The van der Waals surface area contributed by atoms with Gasteiger partial charge >= 0.3 is 0 Å². The molecule has 1 aliphatic heterocycles. The number of nitrogens with one attached hydrogen (secondary N) is 1. The summed E-state index contributed by atoms with van der Waals surface area (Å²) in [4.78, 5) is 29.4. The maximum atomic E-state index is 13.5. The van der Waals surface area contributed by atoms with Crippen molar-refractivity contribution in [1.29, 1.82) is 0 Å². The van der Waals surface area contributed by atoms with E-state index in [9.17, 15) is 9.59 Å². The van der Waals surface area contributed by atoms with Crippen molar-refractivity contribution in [1.82, 2.24) is 4.90 Å². The molecule has 1 N–H and O–H groups in total. The van der Waals surface area contributed by atoms with Gasteiger partial charge < -0.3 is 15.0 Å². The van der Waals surface area contributed by atoms with E-state index in [1.165, 1.54) is 11.3 Å². The monoisotopic (exact) mass is 448 g/mol. The highest BCUT2D eigenvalue weighted by atomic mass is 32.1. The van der Waals surface area contributed by atoms with E-state index in [0.717, 1.165) is 53.9 Å². The first-order valence-corrected chi connectivity index (χ1v) is 11.8. The molecule has 0 radical (unpaired) electrons. The van der Waals surface area contributed by atoms with E-state index >= 15 is 0 Å². The molecule has 1 saturated heterocycles. The molecule has 0 saturated carbocycles. The van der Waals surface area contributed by atoms with Gasteiger partial charge in [0.2, 0.25) is 0 Å². The van der Waals surface area contributed by atoms with Crippen LogP contribution in [0.1, 0.15) is 51.1 Å². The van der Waals surface area contributed by atoms with Crippen LogP contribution < -0.4 is 5.32 Å². The molecule has 4 rings (SSSR count). The van der Waals surface area contributed by atoms with Crippen LogP contribution >= 0.6 is 11.3 Å². The Labute approximate surface area is 193 Å². The van der Waals surface area contributed by atoms with Crippen LogP contribution in [0.3, 0.4) is 0 Å². The molecule has 166 valence electrons. The molecular weight excluding hydrogens is 420 g/mol. The predicted molar refractivity (Wildman–Crippen MR) is 129 cm³/mol. The zero-order valence-corrected chi connectivity index (χ0v) is 19.3. The Balaban J connectivity index is 1.67. The van der Waals surface area contributed by atoms with Crippen molar-refractivity contribution in [2.75, 3.05) is 25.5 Å². The number of hydrogen-bond donors (Lipinski definition) is 1. The third-order valence-electron chi connectivity index (χ3n) is 5.79. The number of hydrogen-bond acceptors (Lipinski definition) is 4. The number of carbonyl (C=O) groups is 2. The second-order valence-electron chi connectivity index (χ2n) is 8.06. The molecule has 5 nitrogen and oxygen atoms in total. The van der Waals surface area contributed by atoms with Crippen LogP contribution in [0.15, 0.2) is 54.6 Å². The zero-order chi connectivity index (χ0) is 22.5. The highest BCUT2D eigenvalue weighted by Crippen LogP contribution is 2.41. The van der Waals surface area contributed by atoms with Gasteiger partial charge in [-0.3, -0.25) is 9.59 Å². The summed E-state index contributed by atoms with van der Waals surface area (Å²) < 4.78 is 5.14. The molecule has 2 heterocycles. The summed E-state index contributed by atoms with van der Waals surface area (Å²) in [6.07, 6.45) is 3.20. The van der Waals surface area contributed by atoms with Crippen molar-refractivity contribution in [2.24, 2.45) is 0 Å². The van der Waals surface area contributed by atoms with Crippen molar-refractivity contribution >= 4 is 28.2 Å². The molecule has 1 aliphatic rings. The van der Waals surface area contributed by atoms with Gasteiger partial charge in [0.05, 0.1) is 12.2 Å². The lowest BCUT2D eigenvalue weighted by atomic mass is 10.0. The number of ether oxygens (including phenoxy) is 1. The first-order chi connectivity index (χ1) is 15.6. The minimum absolute atomic E-state index is 0.00590. The minimum Gasteiger partial charge on any atom is -0.380 e. The second-order valence-corrected chi connectivity index (χ2v) is 9.08. The summed E-state index contributed by atoms with van der Waals surface area (Å²) >= 11 is 1.47. The second kappa shape index (κ2) is 10.1. The normalized spacial score (nSPS) is 13.8. The lowest BCUT2D eigenvalue weighted by Gasteiger charge is -2.27. The first kappa shape index (κ1) is 22.2. The maximum absolute atomic E-state index is 13.5. The number of methoxy groups -OCH3 is 1. The summed E-state index contributed by atoms with van der Waals surface area (Å²) in [5, 5.41) is 3.64. The zero-order valence-electron chi connectivity index (χ0n) is 18.5. The van der Waals surface area contributed by atoms with Gasteiger partial charge in [0.15, 0.2) is 0 Å². The third-order valence-corrected chi connectivity index (χ3v) is 7.05. The van der Waals surface area contributed by atoms with Gasteiger partial charge in [0.1, 0.15) is 5.00 Å². The van der Waals surface area contributed by atoms with Crippen molar-refractivity contribution in [2.45, 2.75) is 32.8 Å². The fraction of sp³-hybridized carbons (Fsp3) is 0.308. The summed E-state index contributed by atoms with van der Waals surface area (Å²) in [7, 11) is 1.64. The molecule has 1 fully saturated rings. The van der Waals surface area contributed by atoms with E-state index < -0.39 is 0 Å². The number of amides is 2. The van der Waals surface area contributed by atoms with E-state index in [1.807, 2.05) is 54.3 Å². The van der Waals surface area contributed by atoms with Gasteiger partial charge in [-0.2, -0.15) is 0 Å². The highest BCUT2D eigenvalue weighted by Gasteiger charge is 2.27. The summed E-state index contributed by atoms with van der Waals surface area (Å²) in [6, 6.07) is 17.4. The lowest BCUT2D eigenvalue weighted by Crippen LogP contribution is -2.36. The number of nitrogens with zero attached hydrogens (tertiary/aromatic N) is 1. The standard InChI is InChI=1S/C26H28N2O3S/c1-18-22(26(30)28-15-7-4-8-16-28)25(32-23(18)20-9-5-3-6-10-20)27-24(29)21-13-11-19(12-14-21)17-31-2/h3,5-6,9-14H,4,7-8,15-17H2,1-2H3,(H,27,29). The van der Waals surface area contributed by atoms with Crippen molar-refractivity contribution < 1.29 is 14.3 Å². The molecule has 2 amide bonds. The van der Waals surface area contributed by atoms with Crippen LogP contribution in [0.2, 0.25) is 0 Å². The molecule has 6 heteroatoms. The van der Waals surface area contributed by atoms with Crippen molar-refractivity contribution in [3.8, 4) is 10.4 Å². The lowest BCUT2D eigenvalue weighted by molar-refractivity contribution is 0.0725. The highest BCUT2D eigenvalue weighted by molar-refractivity contribution is 7.20. The van der Waals surface area contributed by atoms with E-state index in [4.69, 9.17) is 4.74 Å². The van der Waals surface area contributed by atoms with E-state index in [2.05, 4.69) is 5.32 Å². The van der Waals surface area contributed by atoms with Crippen LogP contribution in [-0.2, 0) is 11.3 Å². The number of likely N-dealkylation sites (tertiary alicyclic amines) is 1. The molecule has 3 aromatic rings. The maximum Gasteiger partial charge on any atom is 0.257 e.